The summed E-state index contributed by atoms with van der Waals surface area (Å²) < 4.78 is 0. The monoisotopic (exact) mass is 495 g/mol. The number of carbonyl (C=O) groups excluding carboxylic acids is 2. The van der Waals surface area contributed by atoms with Crippen LogP contribution in [0.1, 0.15) is 67.6 Å². The Bertz CT molecular complexity index is 1100. The predicted molar refractivity (Wildman–Crippen MR) is 139 cm³/mol. The molecule has 1 aliphatic carbocycles. The first-order chi connectivity index (χ1) is 16.6. The fraction of sp³-hybridized carbons (Fsp3) is 0.630. The number of anilines is 1. The normalized spacial score (nSPS) is 22.4. The van der Waals surface area contributed by atoms with Crippen molar-refractivity contribution in [2.24, 2.45) is 16.7 Å². The Hall–Kier alpha value is -2.48. The highest BCUT2D eigenvalue weighted by Crippen LogP contribution is 2.68. The molecule has 2 aromatic heterocycles. The molecule has 2 saturated heterocycles. The highest BCUT2D eigenvalue weighted by atomic mass is 32.1. The van der Waals surface area contributed by atoms with Gasteiger partial charge < -0.3 is 14.7 Å². The fourth-order valence-electron chi connectivity index (χ4n) is 5.92. The van der Waals surface area contributed by atoms with Gasteiger partial charge in [0.05, 0.1) is 5.01 Å². The van der Waals surface area contributed by atoms with E-state index in [1.807, 2.05) is 35.4 Å². The number of hydrogen-bond donors (Lipinski definition) is 0. The van der Waals surface area contributed by atoms with Crippen molar-refractivity contribution in [1.29, 1.82) is 0 Å². The number of aromatic nitrogens is 2. The molecule has 8 heteroatoms. The second-order valence-electron chi connectivity index (χ2n) is 11.5. The van der Waals surface area contributed by atoms with Crippen LogP contribution >= 0.6 is 11.3 Å². The molecule has 2 aliphatic heterocycles. The molecule has 4 heterocycles. The van der Waals surface area contributed by atoms with E-state index in [-0.39, 0.29) is 22.7 Å². The summed E-state index contributed by atoms with van der Waals surface area (Å²) in [5, 5.41) is 2.95. The van der Waals surface area contributed by atoms with E-state index in [9.17, 15) is 9.59 Å². The number of likely N-dealkylation sites (tertiary alicyclic amines) is 1. The Kier molecular flexibility index (Phi) is 6.14. The van der Waals surface area contributed by atoms with Gasteiger partial charge in [-0.15, -0.1) is 11.3 Å². The molecule has 0 spiro atoms. The van der Waals surface area contributed by atoms with E-state index in [1.165, 1.54) is 0 Å². The Morgan fingerprint density at radius 1 is 0.914 bits per heavy atom. The third kappa shape index (κ3) is 4.34. The van der Waals surface area contributed by atoms with Crippen molar-refractivity contribution in [1.82, 2.24) is 19.8 Å². The Labute approximate surface area is 212 Å². The molecule has 0 aromatic carbocycles. The SMILES string of the molecule is Cc1cccc(N2CCN(C(=O)c3csc(C4CCN(C(=O)C5C(C)(C)C5(C)C)CC4)n3)CC2)n1. The molecule has 188 valence electrons. The number of nitrogens with zero attached hydrogens (tertiary/aromatic N) is 5. The van der Waals surface area contributed by atoms with Gasteiger partial charge in [-0.2, -0.15) is 0 Å². The number of rotatable bonds is 4. The van der Waals surface area contributed by atoms with Gasteiger partial charge in [0.15, 0.2) is 0 Å². The molecule has 0 atom stereocenters. The molecule has 0 bridgehead atoms. The zero-order chi connectivity index (χ0) is 25.0. The lowest BCUT2D eigenvalue weighted by atomic mass is 9.96. The van der Waals surface area contributed by atoms with Gasteiger partial charge in [0, 0.05) is 62.2 Å². The number of pyridine rings is 1. The lowest BCUT2D eigenvalue weighted by Crippen LogP contribution is -2.49. The summed E-state index contributed by atoms with van der Waals surface area (Å²) in [5.41, 5.74) is 1.72. The van der Waals surface area contributed by atoms with Crippen LogP contribution in [0.3, 0.4) is 0 Å². The topological polar surface area (TPSA) is 69.6 Å². The number of aryl methyl sites for hydroxylation is 1. The maximum absolute atomic E-state index is 13.1. The van der Waals surface area contributed by atoms with Crippen LogP contribution in [0.4, 0.5) is 5.82 Å². The zero-order valence-corrected chi connectivity index (χ0v) is 22.4. The van der Waals surface area contributed by atoms with E-state index in [2.05, 4.69) is 42.5 Å². The Balaban J connectivity index is 1.14. The minimum Gasteiger partial charge on any atom is -0.353 e. The van der Waals surface area contributed by atoms with E-state index in [1.54, 1.807) is 11.3 Å². The number of piperazine rings is 1. The summed E-state index contributed by atoms with van der Waals surface area (Å²) >= 11 is 1.59. The van der Waals surface area contributed by atoms with Gasteiger partial charge in [0.1, 0.15) is 11.5 Å². The number of carbonyl (C=O) groups is 2. The summed E-state index contributed by atoms with van der Waals surface area (Å²) in [5.74, 6) is 1.77. The van der Waals surface area contributed by atoms with Gasteiger partial charge in [-0.3, -0.25) is 9.59 Å². The molecule has 3 aliphatic rings. The molecule has 0 N–H and O–H groups in total. The van der Waals surface area contributed by atoms with Crippen LogP contribution in [0, 0.1) is 23.7 Å². The molecule has 5 rings (SSSR count). The first-order valence-electron chi connectivity index (χ1n) is 12.8. The van der Waals surface area contributed by atoms with Gasteiger partial charge in [0.2, 0.25) is 5.91 Å². The van der Waals surface area contributed by atoms with Crippen molar-refractivity contribution >= 4 is 29.0 Å². The largest absolute Gasteiger partial charge is 0.353 e. The summed E-state index contributed by atoms with van der Waals surface area (Å²) in [6.07, 6.45) is 1.84. The van der Waals surface area contributed by atoms with Crippen LogP contribution in [0.2, 0.25) is 0 Å². The van der Waals surface area contributed by atoms with E-state index >= 15 is 0 Å². The van der Waals surface area contributed by atoms with Crippen LogP contribution in [0.15, 0.2) is 23.6 Å². The molecule has 3 fully saturated rings. The van der Waals surface area contributed by atoms with Crippen LogP contribution in [-0.4, -0.2) is 70.9 Å². The first-order valence-corrected chi connectivity index (χ1v) is 13.7. The minimum absolute atomic E-state index is 0.0233. The zero-order valence-electron chi connectivity index (χ0n) is 21.6. The van der Waals surface area contributed by atoms with E-state index in [4.69, 9.17) is 4.98 Å². The molecular formula is C27H37N5O2S. The molecule has 0 unspecified atom stereocenters. The number of hydrogen-bond acceptors (Lipinski definition) is 6. The second kappa shape index (κ2) is 8.87. The van der Waals surface area contributed by atoms with Gasteiger partial charge in [0.25, 0.3) is 5.91 Å². The van der Waals surface area contributed by atoms with Gasteiger partial charge in [-0.1, -0.05) is 33.8 Å². The molecule has 2 aromatic rings. The lowest BCUT2D eigenvalue weighted by Gasteiger charge is -2.35. The number of amides is 2. The molecule has 1 saturated carbocycles. The third-order valence-corrected chi connectivity index (χ3v) is 9.94. The van der Waals surface area contributed by atoms with Crippen LogP contribution in [0.25, 0.3) is 0 Å². The summed E-state index contributed by atoms with van der Waals surface area (Å²) in [7, 11) is 0. The van der Waals surface area contributed by atoms with Crippen molar-refractivity contribution in [2.45, 2.75) is 53.4 Å². The summed E-state index contributed by atoms with van der Waals surface area (Å²) in [6, 6.07) is 6.06. The maximum atomic E-state index is 13.1. The van der Waals surface area contributed by atoms with Gasteiger partial charge >= 0.3 is 0 Å². The third-order valence-electron chi connectivity index (χ3n) is 8.93. The molecule has 2 amide bonds. The Morgan fingerprint density at radius 2 is 1.57 bits per heavy atom. The minimum atomic E-state index is 0.0233. The van der Waals surface area contributed by atoms with Crippen molar-refractivity contribution in [3.63, 3.8) is 0 Å². The first kappa shape index (κ1) is 24.2. The molecule has 0 radical (unpaired) electrons. The number of thiazole rings is 1. The van der Waals surface area contributed by atoms with Gasteiger partial charge in [-0.05, 0) is 42.7 Å². The fourth-order valence-corrected chi connectivity index (χ4v) is 6.89. The Morgan fingerprint density at radius 3 is 2.17 bits per heavy atom. The van der Waals surface area contributed by atoms with Crippen molar-refractivity contribution < 1.29 is 9.59 Å². The molecule has 35 heavy (non-hydrogen) atoms. The molecule has 7 nitrogen and oxygen atoms in total. The highest BCUT2D eigenvalue weighted by Gasteiger charge is 2.68. The smallest absolute Gasteiger partial charge is 0.273 e. The summed E-state index contributed by atoms with van der Waals surface area (Å²) in [4.78, 5) is 41.8. The van der Waals surface area contributed by atoms with Gasteiger partial charge in [-0.25, -0.2) is 9.97 Å². The van der Waals surface area contributed by atoms with Crippen LogP contribution in [-0.2, 0) is 4.79 Å². The van der Waals surface area contributed by atoms with Crippen molar-refractivity contribution in [2.75, 3.05) is 44.2 Å². The summed E-state index contributed by atoms with van der Waals surface area (Å²) in [6.45, 7) is 15.3. The predicted octanol–water partition coefficient (Wildman–Crippen LogP) is 4.20. The maximum Gasteiger partial charge on any atom is 0.273 e. The number of piperidine rings is 1. The van der Waals surface area contributed by atoms with Crippen molar-refractivity contribution in [3.8, 4) is 0 Å². The average molecular weight is 496 g/mol. The highest BCUT2D eigenvalue weighted by molar-refractivity contribution is 7.09. The second-order valence-corrected chi connectivity index (χ2v) is 12.4. The average Bonchev–Trinajstić information content (AvgIpc) is 3.16. The van der Waals surface area contributed by atoms with E-state index < -0.39 is 0 Å². The quantitative estimate of drug-likeness (QED) is 0.636. The molecular weight excluding hydrogens is 458 g/mol. The van der Waals surface area contributed by atoms with Crippen LogP contribution in [0.5, 0.6) is 0 Å². The standard InChI is InChI=1S/C27H37N5O2S/c1-18-7-6-8-21(28-18)30-13-15-32(16-14-30)24(33)20-17-35-23(29-20)19-9-11-31(12-10-19)25(34)22-26(2,3)27(22,4)5/h6-8,17,19,22H,9-16H2,1-5H3. The lowest BCUT2D eigenvalue weighted by molar-refractivity contribution is -0.134. The van der Waals surface area contributed by atoms with E-state index in [0.717, 1.165) is 55.5 Å². The van der Waals surface area contributed by atoms with Crippen molar-refractivity contribution in [3.05, 3.63) is 40.0 Å². The van der Waals surface area contributed by atoms with E-state index in [0.29, 0.717) is 30.6 Å². The van der Waals surface area contributed by atoms with Crippen LogP contribution < -0.4 is 4.90 Å².